The molecule has 1 unspecified atom stereocenters. The fraction of sp³-hybridized carbons (Fsp3) is 0.900. The van der Waals surface area contributed by atoms with E-state index in [0.29, 0.717) is 18.6 Å². The third kappa shape index (κ3) is 3.64. The Morgan fingerprint density at radius 2 is 2.29 bits per heavy atom. The van der Waals surface area contributed by atoms with Gasteiger partial charge in [-0.15, -0.1) is 0 Å². The summed E-state index contributed by atoms with van der Waals surface area (Å²) in [4.78, 5) is 10.6. The van der Waals surface area contributed by atoms with Gasteiger partial charge in [-0.25, -0.2) is 0 Å². The Labute approximate surface area is 85.2 Å². The fourth-order valence-corrected chi connectivity index (χ4v) is 1.84. The highest BCUT2D eigenvalue weighted by Crippen LogP contribution is 2.23. The second-order valence-electron chi connectivity index (χ2n) is 3.98. The molecule has 4 nitrogen and oxygen atoms in total. The molecule has 0 aromatic heterocycles. The normalized spacial score (nSPS) is 28.1. The second kappa shape index (κ2) is 5.32. The number of hydrogen-bond acceptors (Lipinski definition) is 3. The van der Waals surface area contributed by atoms with Crippen molar-refractivity contribution in [2.75, 3.05) is 6.61 Å². The number of primary amides is 1. The lowest BCUT2D eigenvalue weighted by atomic mass is 9.88. The van der Waals surface area contributed by atoms with Gasteiger partial charge in [0.15, 0.2) is 0 Å². The molecule has 1 aliphatic rings. The summed E-state index contributed by atoms with van der Waals surface area (Å²) in [6, 6.07) is 0.681. The Hall–Kier alpha value is -0.610. The van der Waals surface area contributed by atoms with Crippen molar-refractivity contribution in [3.05, 3.63) is 0 Å². The lowest BCUT2D eigenvalue weighted by Crippen LogP contribution is -2.49. The number of carbonyl (C=O) groups is 1. The molecule has 0 aromatic rings. The Morgan fingerprint density at radius 1 is 1.64 bits per heavy atom. The molecule has 0 saturated heterocycles. The third-order valence-electron chi connectivity index (χ3n) is 2.52. The topological polar surface area (TPSA) is 64.3 Å². The Kier molecular flexibility index (Phi) is 4.35. The first-order valence-electron chi connectivity index (χ1n) is 5.27. The molecule has 0 bridgehead atoms. The van der Waals surface area contributed by atoms with Crippen molar-refractivity contribution in [1.29, 1.82) is 0 Å². The zero-order valence-corrected chi connectivity index (χ0v) is 8.95. The molecular weight excluding hydrogens is 180 g/mol. The van der Waals surface area contributed by atoms with Gasteiger partial charge in [0.1, 0.15) is 0 Å². The second-order valence-corrected chi connectivity index (χ2v) is 3.98. The largest absolute Gasteiger partial charge is 0.378 e. The smallest absolute Gasteiger partial charge is 0.218 e. The average Bonchev–Trinajstić information content (AvgIpc) is 1.99. The van der Waals surface area contributed by atoms with Gasteiger partial charge in [0.05, 0.1) is 6.10 Å². The first kappa shape index (κ1) is 11.5. The van der Waals surface area contributed by atoms with Crippen LogP contribution in [0.25, 0.3) is 0 Å². The molecule has 4 heteroatoms. The summed E-state index contributed by atoms with van der Waals surface area (Å²) in [6.45, 7) is 4.78. The van der Waals surface area contributed by atoms with Crippen LogP contribution in [-0.4, -0.2) is 30.7 Å². The van der Waals surface area contributed by atoms with Gasteiger partial charge in [-0.05, 0) is 26.7 Å². The molecule has 1 aliphatic carbocycles. The van der Waals surface area contributed by atoms with Gasteiger partial charge in [0.25, 0.3) is 0 Å². The number of nitrogens with one attached hydrogen (secondary N) is 1. The van der Waals surface area contributed by atoms with E-state index in [4.69, 9.17) is 10.5 Å². The maximum atomic E-state index is 10.6. The van der Waals surface area contributed by atoms with Crippen LogP contribution in [-0.2, 0) is 9.53 Å². The van der Waals surface area contributed by atoms with Crippen LogP contribution < -0.4 is 11.1 Å². The Bertz CT molecular complexity index is 191. The monoisotopic (exact) mass is 200 g/mol. The van der Waals surface area contributed by atoms with Gasteiger partial charge >= 0.3 is 0 Å². The van der Waals surface area contributed by atoms with Gasteiger partial charge in [-0.2, -0.15) is 0 Å². The maximum Gasteiger partial charge on any atom is 0.218 e. The molecule has 1 saturated carbocycles. The highest BCUT2D eigenvalue weighted by molar-refractivity contribution is 5.74. The molecule has 0 radical (unpaired) electrons. The Balaban J connectivity index is 2.07. The lowest BCUT2D eigenvalue weighted by Gasteiger charge is -2.37. The van der Waals surface area contributed by atoms with Crippen LogP contribution in [0.4, 0.5) is 0 Å². The van der Waals surface area contributed by atoms with Crippen molar-refractivity contribution in [2.24, 2.45) is 5.73 Å². The van der Waals surface area contributed by atoms with Crippen LogP contribution in [0.15, 0.2) is 0 Å². The van der Waals surface area contributed by atoms with Crippen molar-refractivity contribution in [3.63, 3.8) is 0 Å². The average molecular weight is 200 g/mol. The molecule has 82 valence electrons. The van der Waals surface area contributed by atoms with Crippen LogP contribution in [0.2, 0.25) is 0 Å². The van der Waals surface area contributed by atoms with E-state index < -0.39 is 0 Å². The quantitative estimate of drug-likeness (QED) is 0.652. The number of amides is 1. The van der Waals surface area contributed by atoms with E-state index in [1.807, 2.05) is 13.8 Å². The molecule has 0 aliphatic heterocycles. The van der Waals surface area contributed by atoms with Gasteiger partial charge in [-0.1, -0.05) is 0 Å². The number of hydrogen-bond donors (Lipinski definition) is 2. The zero-order chi connectivity index (χ0) is 10.6. The van der Waals surface area contributed by atoms with E-state index >= 15 is 0 Å². The first-order valence-corrected chi connectivity index (χ1v) is 5.27. The van der Waals surface area contributed by atoms with Crippen molar-refractivity contribution in [3.8, 4) is 0 Å². The van der Waals surface area contributed by atoms with E-state index in [1.165, 1.54) is 0 Å². The standard InChI is InChI=1S/C10H20N2O2/c1-3-14-9-5-8(6-9)12-7(2)4-10(11)13/h7-9,12H,3-6H2,1-2H3,(H2,11,13). The van der Waals surface area contributed by atoms with Crippen molar-refractivity contribution in [2.45, 2.75) is 51.3 Å². The Morgan fingerprint density at radius 3 is 2.79 bits per heavy atom. The summed E-state index contributed by atoms with van der Waals surface area (Å²) < 4.78 is 5.44. The summed E-state index contributed by atoms with van der Waals surface area (Å²) in [5.74, 6) is -0.245. The predicted molar refractivity (Wildman–Crippen MR) is 54.8 cm³/mol. The summed E-state index contributed by atoms with van der Waals surface area (Å²) in [5.41, 5.74) is 5.10. The molecule has 1 atom stereocenters. The fourth-order valence-electron chi connectivity index (χ4n) is 1.84. The van der Waals surface area contributed by atoms with Crippen LogP contribution in [0.1, 0.15) is 33.1 Å². The van der Waals surface area contributed by atoms with E-state index in [1.54, 1.807) is 0 Å². The minimum atomic E-state index is -0.245. The highest BCUT2D eigenvalue weighted by Gasteiger charge is 2.30. The van der Waals surface area contributed by atoms with E-state index in [0.717, 1.165) is 19.4 Å². The lowest BCUT2D eigenvalue weighted by molar-refractivity contribution is -0.118. The minimum absolute atomic E-state index is 0.181. The van der Waals surface area contributed by atoms with Crippen LogP contribution in [0.5, 0.6) is 0 Å². The molecular formula is C10H20N2O2. The summed E-state index contributed by atoms with van der Waals surface area (Å²) in [7, 11) is 0. The van der Waals surface area contributed by atoms with Crippen molar-refractivity contribution < 1.29 is 9.53 Å². The van der Waals surface area contributed by atoms with Crippen molar-refractivity contribution >= 4 is 5.91 Å². The number of rotatable bonds is 6. The minimum Gasteiger partial charge on any atom is -0.378 e. The predicted octanol–water partition coefficient (Wildman–Crippen LogP) is 0.407. The molecule has 0 aromatic carbocycles. The number of nitrogens with two attached hydrogens (primary N) is 1. The SMILES string of the molecule is CCOC1CC(NC(C)CC(N)=O)C1. The van der Waals surface area contributed by atoms with Crippen LogP contribution >= 0.6 is 0 Å². The summed E-state index contributed by atoms with van der Waals surface area (Å²) in [6.07, 6.45) is 2.93. The van der Waals surface area contributed by atoms with Crippen LogP contribution in [0, 0.1) is 0 Å². The van der Waals surface area contributed by atoms with Gasteiger partial charge in [0, 0.05) is 25.1 Å². The first-order chi connectivity index (χ1) is 6.61. The van der Waals surface area contributed by atoms with Crippen molar-refractivity contribution in [1.82, 2.24) is 5.32 Å². The molecule has 1 rings (SSSR count). The zero-order valence-electron chi connectivity index (χ0n) is 8.95. The molecule has 1 amide bonds. The number of ether oxygens (including phenoxy) is 1. The summed E-state index contributed by atoms with van der Waals surface area (Å²) >= 11 is 0. The van der Waals surface area contributed by atoms with E-state index in [-0.39, 0.29) is 11.9 Å². The molecule has 3 N–H and O–H groups in total. The number of carbonyl (C=O) groups excluding carboxylic acids is 1. The van der Waals surface area contributed by atoms with E-state index in [9.17, 15) is 4.79 Å². The third-order valence-corrected chi connectivity index (χ3v) is 2.52. The molecule has 1 fully saturated rings. The maximum absolute atomic E-state index is 10.6. The van der Waals surface area contributed by atoms with Gasteiger partial charge < -0.3 is 15.8 Å². The molecule has 0 heterocycles. The molecule has 0 spiro atoms. The van der Waals surface area contributed by atoms with E-state index in [2.05, 4.69) is 5.32 Å². The highest BCUT2D eigenvalue weighted by atomic mass is 16.5. The summed E-state index contributed by atoms with van der Waals surface area (Å²) in [5, 5.41) is 3.36. The van der Waals surface area contributed by atoms with Gasteiger partial charge in [-0.3, -0.25) is 4.79 Å². The van der Waals surface area contributed by atoms with Crippen LogP contribution in [0.3, 0.4) is 0 Å². The van der Waals surface area contributed by atoms with Gasteiger partial charge in [0.2, 0.25) is 5.91 Å². The molecule has 14 heavy (non-hydrogen) atoms.